The zero-order valence-corrected chi connectivity index (χ0v) is 15.6. The van der Waals surface area contributed by atoms with Crippen LogP contribution in [0.15, 0.2) is 46.9 Å². The van der Waals surface area contributed by atoms with E-state index in [1.165, 1.54) is 0 Å². The first-order valence-corrected chi connectivity index (χ1v) is 8.34. The topological polar surface area (TPSA) is 61.4 Å². The number of benzene rings is 2. The van der Waals surface area contributed by atoms with Gasteiger partial charge in [0.15, 0.2) is 0 Å². The zero-order chi connectivity index (χ0) is 17.7. The third kappa shape index (κ3) is 4.97. The average Bonchev–Trinajstić information content (AvgIpc) is 2.52. The number of nitrogens with zero attached hydrogens (tertiary/aromatic N) is 1. The van der Waals surface area contributed by atoms with Crippen molar-refractivity contribution in [1.82, 2.24) is 5.32 Å². The third-order valence-electron chi connectivity index (χ3n) is 3.21. The maximum Gasteiger partial charge on any atom is 0.251 e. The molecular weight excluding hydrogens is 394 g/mol. The highest BCUT2D eigenvalue weighted by Gasteiger charge is 2.10. The van der Waals surface area contributed by atoms with Crippen molar-refractivity contribution in [2.75, 3.05) is 30.9 Å². The number of anilines is 2. The van der Waals surface area contributed by atoms with Crippen LogP contribution in [0.25, 0.3) is 0 Å². The molecule has 5 nitrogen and oxygen atoms in total. The Morgan fingerprint density at radius 3 is 2.54 bits per heavy atom. The Hall–Kier alpha value is -2.05. The quantitative estimate of drug-likeness (QED) is 0.792. The molecule has 0 fully saturated rings. The number of rotatable bonds is 5. The highest BCUT2D eigenvalue weighted by atomic mass is 79.9. The summed E-state index contributed by atoms with van der Waals surface area (Å²) in [5.41, 5.74) is 1.92. The van der Waals surface area contributed by atoms with Gasteiger partial charge >= 0.3 is 0 Å². The van der Waals surface area contributed by atoms with E-state index in [4.69, 9.17) is 11.6 Å². The first-order chi connectivity index (χ1) is 11.4. The van der Waals surface area contributed by atoms with Gasteiger partial charge in [-0.2, -0.15) is 0 Å². The lowest BCUT2D eigenvalue weighted by Gasteiger charge is -2.15. The predicted molar refractivity (Wildman–Crippen MR) is 101 cm³/mol. The third-order valence-corrected chi connectivity index (χ3v) is 4.01. The smallest absolute Gasteiger partial charge is 0.251 e. The second-order valence-corrected chi connectivity index (χ2v) is 6.62. The minimum atomic E-state index is -0.327. The Balaban J connectivity index is 1.92. The van der Waals surface area contributed by atoms with E-state index >= 15 is 0 Å². The van der Waals surface area contributed by atoms with Crippen LogP contribution in [-0.2, 0) is 4.79 Å². The van der Waals surface area contributed by atoms with Gasteiger partial charge in [-0.3, -0.25) is 9.59 Å². The summed E-state index contributed by atoms with van der Waals surface area (Å²) in [6.45, 7) is -0.127. The molecule has 0 atom stereocenters. The lowest BCUT2D eigenvalue weighted by molar-refractivity contribution is -0.115. The molecule has 126 valence electrons. The lowest BCUT2D eigenvalue weighted by atomic mass is 10.2. The highest BCUT2D eigenvalue weighted by Crippen LogP contribution is 2.27. The first-order valence-electron chi connectivity index (χ1n) is 7.17. The van der Waals surface area contributed by atoms with E-state index in [1.54, 1.807) is 30.3 Å². The van der Waals surface area contributed by atoms with Crippen LogP contribution in [0.2, 0.25) is 5.02 Å². The number of nitrogens with one attached hydrogen (secondary N) is 2. The summed E-state index contributed by atoms with van der Waals surface area (Å²) in [5, 5.41) is 5.82. The van der Waals surface area contributed by atoms with E-state index in [0.717, 1.165) is 10.2 Å². The van der Waals surface area contributed by atoms with E-state index in [-0.39, 0.29) is 18.4 Å². The van der Waals surface area contributed by atoms with Crippen molar-refractivity contribution in [3.8, 4) is 0 Å². The van der Waals surface area contributed by atoms with Gasteiger partial charge in [-0.15, -0.1) is 0 Å². The van der Waals surface area contributed by atoms with Gasteiger partial charge in [0.25, 0.3) is 5.91 Å². The van der Waals surface area contributed by atoms with Crippen LogP contribution in [0.4, 0.5) is 11.4 Å². The molecule has 7 heteroatoms. The molecule has 2 N–H and O–H groups in total. The molecule has 2 amide bonds. The molecule has 0 unspecified atom stereocenters. The van der Waals surface area contributed by atoms with Gasteiger partial charge < -0.3 is 15.5 Å². The minimum Gasteiger partial charge on any atom is -0.376 e. The number of carbonyl (C=O) groups is 2. The van der Waals surface area contributed by atoms with E-state index in [1.807, 2.05) is 31.1 Å². The van der Waals surface area contributed by atoms with Crippen molar-refractivity contribution in [2.24, 2.45) is 0 Å². The molecule has 0 heterocycles. The summed E-state index contributed by atoms with van der Waals surface area (Å²) in [4.78, 5) is 25.8. The van der Waals surface area contributed by atoms with Gasteiger partial charge in [-0.05, 0) is 36.4 Å². The van der Waals surface area contributed by atoms with E-state index in [2.05, 4.69) is 26.6 Å². The lowest BCUT2D eigenvalue weighted by Crippen LogP contribution is -2.32. The van der Waals surface area contributed by atoms with Crippen molar-refractivity contribution in [3.63, 3.8) is 0 Å². The van der Waals surface area contributed by atoms with Crippen LogP contribution in [-0.4, -0.2) is 32.5 Å². The molecule has 2 aromatic carbocycles. The van der Waals surface area contributed by atoms with Crippen molar-refractivity contribution >= 4 is 50.7 Å². The van der Waals surface area contributed by atoms with Gasteiger partial charge in [0.05, 0.1) is 17.3 Å². The molecule has 0 aliphatic rings. The minimum absolute atomic E-state index is 0.127. The summed E-state index contributed by atoms with van der Waals surface area (Å²) in [6.07, 6.45) is 0. The van der Waals surface area contributed by atoms with Crippen molar-refractivity contribution in [2.45, 2.75) is 0 Å². The molecule has 0 bridgehead atoms. The largest absolute Gasteiger partial charge is 0.376 e. The first kappa shape index (κ1) is 18.3. The normalized spacial score (nSPS) is 10.2. The Bertz CT molecular complexity index is 765. The number of halogens is 2. The van der Waals surface area contributed by atoms with Gasteiger partial charge in [0.1, 0.15) is 0 Å². The SMILES string of the molecule is CN(C)c1ccc(NC(=O)CNC(=O)c2cccc(Br)c2)cc1Cl. The summed E-state index contributed by atoms with van der Waals surface area (Å²) in [6, 6.07) is 12.2. The number of carbonyl (C=O) groups excluding carboxylic acids is 2. The fraction of sp³-hybridized carbons (Fsp3) is 0.176. The second-order valence-electron chi connectivity index (χ2n) is 5.30. The van der Waals surface area contributed by atoms with E-state index < -0.39 is 0 Å². The molecule has 0 aromatic heterocycles. The second kappa shape index (κ2) is 8.17. The Morgan fingerprint density at radius 2 is 1.92 bits per heavy atom. The monoisotopic (exact) mass is 409 g/mol. The van der Waals surface area contributed by atoms with Gasteiger partial charge in [0.2, 0.25) is 5.91 Å². The van der Waals surface area contributed by atoms with Gasteiger partial charge in [-0.25, -0.2) is 0 Å². The van der Waals surface area contributed by atoms with Crippen molar-refractivity contribution in [3.05, 3.63) is 57.5 Å². The number of hydrogen-bond acceptors (Lipinski definition) is 3. The van der Waals surface area contributed by atoms with Crippen LogP contribution in [0, 0.1) is 0 Å². The zero-order valence-electron chi connectivity index (χ0n) is 13.3. The van der Waals surface area contributed by atoms with Crippen LogP contribution < -0.4 is 15.5 Å². The maximum atomic E-state index is 12.0. The van der Waals surface area contributed by atoms with Crippen LogP contribution in [0.3, 0.4) is 0 Å². The fourth-order valence-electron chi connectivity index (χ4n) is 2.04. The molecule has 0 radical (unpaired) electrons. The number of amides is 2. The molecule has 0 saturated carbocycles. The maximum absolute atomic E-state index is 12.0. The summed E-state index contributed by atoms with van der Waals surface area (Å²) in [7, 11) is 3.77. The standard InChI is InChI=1S/C17H17BrClN3O2/c1-22(2)15-7-6-13(9-14(15)19)21-16(23)10-20-17(24)11-4-3-5-12(18)8-11/h3-9H,10H2,1-2H3,(H,20,24)(H,21,23). The van der Waals surface area contributed by atoms with Crippen LogP contribution in [0.5, 0.6) is 0 Å². The predicted octanol–water partition coefficient (Wildman–Crippen LogP) is 3.54. The van der Waals surface area contributed by atoms with Crippen molar-refractivity contribution < 1.29 is 9.59 Å². The number of hydrogen-bond donors (Lipinski definition) is 2. The van der Waals surface area contributed by atoms with Gasteiger partial charge in [-0.1, -0.05) is 33.6 Å². The van der Waals surface area contributed by atoms with Gasteiger partial charge in [0, 0.05) is 29.8 Å². The summed E-state index contributed by atoms with van der Waals surface area (Å²) >= 11 is 9.47. The van der Waals surface area contributed by atoms with E-state index in [9.17, 15) is 9.59 Å². The molecule has 2 rings (SSSR count). The molecule has 0 spiro atoms. The fourth-order valence-corrected chi connectivity index (χ4v) is 2.79. The molecule has 0 aliphatic carbocycles. The molecule has 0 aliphatic heterocycles. The molecule has 24 heavy (non-hydrogen) atoms. The Morgan fingerprint density at radius 1 is 1.17 bits per heavy atom. The molecule has 2 aromatic rings. The van der Waals surface area contributed by atoms with Crippen LogP contribution in [0.1, 0.15) is 10.4 Å². The summed E-state index contributed by atoms with van der Waals surface area (Å²) < 4.78 is 0.801. The van der Waals surface area contributed by atoms with Crippen molar-refractivity contribution in [1.29, 1.82) is 0 Å². The Labute approximate surface area is 154 Å². The van der Waals surface area contributed by atoms with E-state index in [0.29, 0.717) is 16.3 Å². The average molecular weight is 411 g/mol. The molecule has 0 saturated heterocycles. The van der Waals surface area contributed by atoms with Crippen LogP contribution >= 0.6 is 27.5 Å². The highest BCUT2D eigenvalue weighted by molar-refractivity contribution is 9.10. The summed E-state index contributed by atoms with van der Waals surface area (Å²) in [5.74, 6) is -0.639. The molecular formula is C17H17BrClN3O2. The Kier molecular flexibility index (Phi) is 6.23.